The highest BCUT2D eigenvalue weighted by atomic mass is 35.5. The van der Waals surface area contributed by atoms with Crippen LogP contribution in [0, 0.1) is 5.92 Å². The molecule has 0 aromatic rings. The van der Waals surface area contributed by atoms with Crippen LogP contribution in [0.1, 0.15) is 0 Å². The van der Waals surface area contributed by atoms with Crippen LogP contribution in [0.3, 0.4) is 0 Å². The summed E-state index contributed by atoms with van der Waals surface area (Å²) in [7, 11) is 0. The zero-order valence-electron chi connectivity index (χ0n) is 5.05. The first-order valence-corrected chi connectivity index (χ1v) is 3.54. The van der Waals surface area contributed by atoms with E-state index in [9.17, 15) is 4.79 Å². The maximum atomic E-state index is 10.1. The third-order valence-electron chi connectivity index (χ3n) is 1.19. The molecule has 0 bridgehead atoms. The van der Waals surface area contributed by atoms with Gasteiger partial charge in [-0.1, -0.05) is 35.4 Å². The molecule has 10 heavy (non-hydrogen) atoms. The van der Waals surface area contributed by atoms with Gasteiger partial charge in [-0.2, -0.15) is 0 Å². The van der Waals surface area contributed by atoms with Crippen LogP contribution in [0.25, 0.3) is 0 Å². The first-order valence-electron chi connectivity index (χ1n) is 2.78. The molecule has 0 heterocycles. The third-order valence-corrected chi connectivity index (χ3v) is 1.69. The van der Waals surface area contributed by atoms with E-state index in [-0.39, 0.29) is 5.92 Å². The van der Waals surface area contributed by atoms with Crippen molar-refractivity contribution < 1.29 is 4.79 Å². The molecule has 0 saturated heterocycles. The van der Waals surface area contributed by atoms with Crippen molar-refractivity contribution in [3.63, 3.8) is 0 Å². The number of hydrogen-bond acceptors (Lipinski definition) is 1. The fourth-order valence-electron chi connectivity index (χ4n) is 0.662. The van der Waals surface area contributed by atoms with Crippen LogP contribution < -0.4 is 0 Å². The zero-order valence-corrected chi connectivity index (χ0v) is 6.56. The second-order valence-electron chi connectivity index (χ2n) is 2.04. The lowest BCUT2D eigenvalue weighted by Crippen LogP contribution is -2.10. The molecule has 0 N–H and O–H groups in total. The highest BCUT2D eigenvalue weighted by molar-refractivity contribution is 6.51. The van der Waals surface area contributed by atoms with E-state index in [2.05, 4.69) is 0 Å². The molecular formula is C7H5Cl2O. The summed E-state index contributed by atoms with van der Waals surface area (Å²) in [5.41, 5.74) is 0. The second-order valence-corrected chi connectivity index (χ2v) is 3.48. The lowest BCUT2D eigenvalue weighted by Gasteiger charge is -2.13. The molecule has 0 amide bonds. The molecule has 0 saturated carbocycles. The minimum Gasteiger partial charge on any atom is -0.290 e. The molecule has 3 heteroatoms. The van der Waals surface area contributed by atoms with E-state index < -0.39 is 4.33 Å². The molecule has 1 radical (unpaired) electrons. The van der Waals surface area contributed by atoms with Crippen LogP contribution in [0.2, 0.25) is 0 Å². The fourth-order valence-corrected chi connectivity index (χ4v) is 0.953. The first kappa shape index (κ1) is 7.83. The predicted octanol–water partition coefficient (Wildman–Crippen LogP) is 2.01. The van der Waals surface area contributed by atoms with Crippen molar-refractivity contribution in [3.8, 4) is 0 Å². The van der Waals surface area contributed by atoms with Gasteiger partial charge in [-0.15, -0.1) is 0 Å². The molecule has 0 spiro atoms. The van der Waals surface area contributed by atoms with Crippen molar-refractivity contribution in [1.82, 2.24) is 0 Å². The summed E-state index contributed by atoms with van der Waals surface area (Å²) in [5, 5.41) is 0. The van der Waals surface area contributed by atoms with Gasteiger partial charge in [-0.05, 0) is 12.2 Å². The van der Waals surface area contributed by atoms with Crippen molar-refractivity contribution >= 4 is 29.5 Å². The molecule has 0 aromatic carbocycles. The Hall–Kier alpha value is -0.270. The Bertz CT molecular complexity index is 178. The second kappa shape index (κ2) is 2.77. The fraction of sp³-hybridized carbons (Fsp3) is 0.286. The van der Waals surface area contributed by atoms with Crippen molar-refractivity contribution in [3.05, 3.63) is 24.3 Å². The van der Waals surface area contributed by atoms with Crippen LogP contribution in [-0.2, 0) is 4.79 Å². The van der Waals surface area contributed by atoms with E-state index >= 15 is 0 Å². The molecular weight excluding hydrogens is 171 g/mol. The summed E-state index contributed by atoms with van der Waals surface area (Å²) in [5.74, 6) is -0.286. The van der Waals surface area contributed by atoms with Crippen molar-refractivity contribution in [2.24, 2.45) is 5.92 Å². The summed E-state index contributed by atoms with van der Waals surface area (Å²) in [6.07, 6.45) is 8.16. The maximum absolute atomic E-state index is 10.1. The summed E-state index contributed by atoms with van der Waals surface area (Å²) < 4.78 is -0.937. The highest BCUT2D eigenvalue weighted by Crippen LogP contribution is 2.28. The summed E-state index contributed by atoms with van der Waals surface area (Å²) in [6.45, 7) is 0. The monoisotopic (exact) mass is 175 g/mol. The van der Waals surface area contributed by atoms with E-state index in [0.717, 1.165) is 0 Å². The Balaban J connectivity index is 2.70. The predicted molar refractivity (Wildman–Crippen MR) is 41.9 cm³/mol. The van der Waals surface area contributed by atoms with Crippen LogP contribution >= 0.6 is 23.2 Å². The third kappa shape index (κ3) is 1.86. The number of carbonyl (C=O) groups excluding carboxylic acids is 1. The molecule has 1 aliphatic rings. The van der Waals surface area contributed by atoms with Gasteiger partial charge < -0.3 is 0 Å². The van der Waals surface area contributed by atoms with Crippen molar-refractivity contribution in [2.45, 2.75) is 4.33 Å². The average molecular weight is 176 g/mol. The summed E-state index contributed by atoms with van der Waals surface area (Å²) in [4.78, 5) is 10.1. The molecule has 1 aliphatic carbocycles. The van der Waals surface area contributed by atoms with Gasteiger partial charge in [0.15, 0.2) is 4.33 Å². The first-order chi connectivity index (χ1) is 4.64. The van der Waals surface area contributed by atoms with Gasteiger partial charge in [-0.25, -0.2) is 0 Å². The number of hydrogen-bond donors (Lipinski definition) is 0. The van der Waals surface area contributed by atoms with Gasteiger partial charge in [-0.3, -0.25) is 4.79 Å². The van der Waals surface area contributed by atoms with Gasteiger partial charge in [0.25, 0.3) is 0 Å². The topological polar surface area (TPSA) is 17.1 Å². The Morgan fingerprint density at radius 3 is 2.20 bits per heavy atom. The Morgan fingerprint density at radius 2 is 1.80 bits per heavy atom. The van der Waals surface area contributed by atoms with Gasteiger partial charge in [0.2, 0.25) is 6.29 Å². The Kier molecular flexibility index (Phi) is 2.17. The number of alkyl halides is 2. The smallest absolute Gasteiger partial charge is 0.209 e. The average Bonchev–Trinajstić information content (AvgIpc) is 1.88. The quantitative estimate of drug-likeness (QED) is 0.441. The number of halogens is 2. The molecule has 53 valence electrons. The van der Waals surface area contributed by atoms with E-state index in [0.29, 0.717) is 0 Å². The van der Waals surface area contributed by atoms with Gasteiger partial charge in [0.1, 0.15) is 0 Å². The molecule has 1 nitrogen and oxygen atoms in total. The summed E-state index contributed by atoms with van der Waals surface area (Å²) >= 11 is 11.3. The normalized spacial score (nSPS) is 23.0. The highest BCUT2D eigenvalue weighted by Gasteiger charge is 2.19. The molecule has 0 fully saturated rings. The maximum Gasteiger partial charge on any atom is 0.209 e. The minimum atomic E-state index is -0.937. The lowest BCUT2D eigenvalue weighted by atomic mass is 10.1. The van der Waals surface area contributed by atoms with Gasteiger partial charge >= 0.3 is 0 Å². The molecule has 0 atom stereocenters. The SMILES string of the molecule is O=[C]C1C=CC(Cl)(Cl)C=C1. The minimum absolute atomic E-state index is 0.286. The van der Waals surface area contributed by atoms with Gasteiger partial charge in [0, 0.05) is 0 Å². The molecule has 1 rings (SSSR count). The van der Waals surface area contributed by atoms with Crippen molar-refractivity contribution in [2.75, 3.05) is 0 Å². The summed E-state index contributed by atoms with van der Waals surface area (Å²) in [6, 6.07) is 0. The van der Waals surface area contributed by atoms with E-state index in [1.54, 1.807) is 30.6 Å². The lowest BCUT2D eigenvalue weighted by molar-refractivity contribution is 0.547. The van der Waals surface area contributed by atoms with E-state index in [1.165, 1.54) is 0 Å². The molecule has 0 aromatic heterocycles. The van der Waals surface area contributed by atoms with E-state index in [1.807, 2.05) is 0 Å². The molecule has 0 aliphatic heterocycles. The van der Waals surface area contributed by atoms with Crippen molar-refractivity contribution in [1.29, 1.82) is 0 Å². The van der Waals surface area contributed by atoms with Crippen LogP contribution in [0.4, 0.5) is 0 Å². The van der Waals surface area contributed by atoms with Crippen LogP contribution in [0.5, 0.6) is 0 Å². The molecule has 0 unspecified atom stereocenters. The number of allylic oxidation sites excluding steroid dienone is 4. The van der Waals surface area contributed by atoms with E-state index in [4.69, 9.17) is 23.2 Å². The standard InChI is InChI=1S/C7H5Cl2O/c8-7(9)3-1-6(5-10)2-4-7/h1-4,6H. The van der Waals surface area contributed by atoms with Crippen LogP contribution in [-0.4, -0.2) is 10.6 Å². The number of rotatable bonds is 1. The Labute approximate surface area is 69.3 Å². The Morgan fingerprint density at radius 1 is 1.30 bits per heavy atom. The largest absolute Gasteiger partial charge is 0.290 e. The van der Waals surface area contributed by atoms with Crippen LogP contribution in [0.15, 0.2) is 24.3 Å². The van der Waals surface area contributed by atoms with Gasteiger partial charge in [0.05, 0.1) is 5.92 Å². The zero-order chi connectivity index (χ0) is 7.61.